The molecule has 0 radical (unpaired) electrons. The van der Waals surface area contributed by atoms with Crippen molar-refractivity contribution in [2.45, 2.75) is 24.1 Å². The van der Waals surface area contributed by atoms with E-state index in [4.69, 9.17) is 0 Å². The van der Waals surface area contributed by atoms with E-state index in [0.717, 1.165) is 5.56 Å². The van der Waals surface area contributed by atoms with E-state index in [0.29, 0.717) is 22.1 Å². The summed E-state index contributed by atoms with van der Waals surface area (Å²) in [7, 11) is 3.45. The smallest absolute Gasteiger partial charge is 0.240 e. The summed E-state index contributed by atoms with van der Waals surface area (Å²) in [5.74, 6) is 0.548. The highest BCUT2D eigenvalue weighted by Crippen LogP contribution is 2.37. The second-order valence-electron chi connectivity index (χ2n) is 5.29. The zero-order valence-corrected chi connectivity index (χ0v) is 14.4. The number of aromatic nitrogens is 2. The maximum atomic E-state index is 12.6. The predicted molar refractivity (Wildman–Crippen MR) is 90.0 cm³/mol. The molecule has 2 rings (SSSR count). The second kappa shape index (κ2) is 7.25. The number of aryl methyl sites for hydroxylation is 2. The molecule has 5 nitrogen and oxygen atoms in total. The Morgan fingerprint density at radius 2 is 1.87 bits per heavy atom. The maximum Gasteiger partial charge on any atom is 0.240 e. The number of nitrogens with zero attached hydrogens (tertiary/aromatic N) is 4. The van der Waals surface area contributed by atoms with Crippen molar-refractivity contribution in [3.8, 4) is 6.07 Å². The molecule has 0 bridgehead atoms. The summed E-state index contributed by atoms with van der Waals surface area (Å²) in [4.78, 5) is 22.7. The number of likely N-dealkylation sites (N-methyl/N-ethyl adjacent to an activating group) is 1. The summed E-state index contributed by atoms with van der Waals surface area (Å²) < 4.78 is 0. The van der Waals surface area contributed by atoms with Crippen LogP contribution in [-0.2, 0) is 4.79 Å². The molecular formula is C17H18N4OS. The van der Waals surface area contributed by atoms with E-state index in [9.17, 15) is 10.1 Å². The van der Waals surface area contributed by atoms with Crippen LogP contribution in [0, 0.1) is 25.2 Å². The van der Waals surface area contributed by atoms with Gasteiger partial charge in [-0.05, 0) is 19.4 Å². The summed E-state index contributed by atoms with van der Waals surface area (Å²) in [5.41, 5.74) is 1.94. The van der Waals surface area contributed by atoms with E-state index in [-0.39, 0.29) is 5.91 Å². The minimum absolute atomic E-state index is 0.0426. The van der Waals surface area contributed by atoms with Crippen LogP contribution in [0.15, 0.2) is 35.4 Å². The molecule has 23 heavy (non-hydrogen) atoms. The number of thioether (sulfide) groups is 1. The minimum Gasteiger partial charge on any atom is -0.348 e. The molecule has 2 aromatic rings. The molecule has 1 aromatic heterocycles. The molecule has 0 aliphatic rings. The van der Waals surface area contributed by atoms with Gasteiger partial charge in [-0.2, -0.15) is 5.26 Å². The summed E-state index contributed by atoms with van der Waals surface area (Å²) in [6, 6.07) is 11.7. The molecule has 0 aliphatic heterocycles. The van der Waals surface area contributed by atoms with Crippen LogP contribution in [0.1, 0.15) is 27.9 Å². The van der Waals surface area contributed by atoms with E-state index in [1.807, 2.05) is 30.3 Å². The summed E-state index contributed by atoms with van der Waals surface area (Å²) in [6.45, 7) is 3.56. The standard InChI is InChI=1S/C17H18N4OS/c1-11-14(10-18)16(20-12(2)19-11)23-15(17(22)21(3)4)13-8-6-5-7-9-13/h5-9,15H,1-4H3. The quantitative estimate of drug-likeness (QED) is 0.638. The summed E-state index contributed by atoms with van der Waals surface area (Å²) in [6.07, 6.45) is 0. The average Bonchev–Trinajstić information content (AvgIpc) is 2.52. The third-order valence-corrected chi connectivity index (χ3v) is 4.51. The van der Waals surface area contributed by atoms with Crippen molar-refractivity contribution >= 4 is 17.7 Å². The van der Waals surface area contributed by atoms with E-state index in [1.54, 1.807) is 32.8 Å². The van der Waals surface area contributed by atoms with Crippen molar-refractivity contribution in [3.05, 3.63) is 53.0 Å². The molecule has 1 amide bonds. The fourth-order valence-electron chi connectivity index (χ4n) is 2.13. The lowest BCUT2D eigenvalue weighted by Gasteiger charge is -2.20. The highest BCUT2D eigenvalue weighted by Gasteiger charge is 2.26. The third-order valence-electron chi connectivity index (χ3n) is 3.28. The van der Waals surface area contributed by atoms with Gasteiger partial charge in [-0.15, -0.1) is 0 Å². The van der Waals surface area contributed by atoms with Gasteiger partial charge in [-0.25, -0.2) is 9.97 Å². The largest absolute Gasteiger partial charge is 0.348 e. The topological polar surface area (TPSA) is 69.9 Å². The predicted octanol–water partition coefficient (Wildman–Crippen LogP) is 2.89. The normalized spacial score (nSPS) is 11.6. The number of hydrogen-bond donors (Lipinski definition) is 0. The van der Waals surface area contributed by atoms with Gasteiger partial charge < -0.3 is 4.90 Å². The van der Waals surface area contributed by atoms with E-state index >= 15 is 0 Å². The van der Waals surface area contributed by atoms with Gasteiger partial charge in [0, 0.05) is 14.1 Å². The molecule has 0 spiro atoms. The first kappa shape index (κ1) is 17.0. The number of rotatable bonds is 4. The van der Waals surface area contributed by atoms with Crippen LogP contribution in [-0.4, -0.2) is 34.9 Å². The van der Waals surface area contributed by atoms with E-state index in [1.165, 1.54) is 11.8 Å². The number of hydrogen-bond acceptors (Lipinski definition) is 5. The van der Waals surface area contributed by atoms with Crippen LogP contribution in [0.25, 0.3) is 0 Å². The van der Waals surface area contributed by atoms with Gasteiger partial charge >= 0.3 is 0 Å². The zero-order chi connectivity index (χ0) is 17.0. The molecule has 1 heterocycles. The lowest BCUT2D eigenvalue weighted by molar-refractivity contribution is -0.128. The molecule has 118 valence electrons. The SMILES string of the molecule is Cc1nc(C)c(C#N)c(SC(C(=O)N(C)C)c2ccccc2)n1. The zero-order valence-electron chi connectivity index (χ0n) is 13.6. The number of amides is 1. The summed E-state index contributed by atoms with van der Waals surface area (Å²) in [5, 5.41) is 9.47. The Kier molecular flexibility index (Phi) is 5.35. The third kappa shape index (κ3) is 3.88. The number of benzene rings is 1. The Labute approximate surface area is 140 Å². The van der Waals surface area contributed by atoms with Crippen LogP contribution in [0.4, 0.5) is 0 Å². The first-order valence-electron chi connectivity index (χ1n) is 7.12. The maximum absolute atomic E-state index is 12.6. The molecular weight excluding hydrogens is 308 g/mol. The summed E-state index contributed by atoms with van der Waals surface area (Å²) >= 11 is 1.29. The van der Waals surface area contributed by atoms with Crippen molar-refractivity contribution in [2.75, 3.05) is 14.1 Å². The van der Waals surface area contributed by atoms with Crippen molar-refractivity contribution < 1.29 is 4.79 Å². The van der Waals surface area contributed by atoms with Crippen LogP contribution < -0.4 is 0 Å². The Hall–Kier alpha value is -2.39. The molecule has 1 atom stereocenters. The second-order valence-corrected chi connectivity index (χ2v) is 6.38. The Morgan fingerprint density at radius 3 is 2.43 bits per heavy atom. The number of nitriles is 1. The van der Waals surface area contributed by atoms with Crippen LogP contribution in [0.5, 0.6) is 0 Å². The first-order valence-corrected chi connectivity index (χ1v) is 8.00. The minimum atomic E-state index is -0.452. The van der Waals surface area contributed by atoms with Crippen LogP contribution in [0.2, 0.25) is 0 Å². The first-order chi connectivity index (χ1) is 10.9. The monoisotopic (exact) mass is 326 g/mol. The Bertz CT molecular complexity index is 753. The van der Waals surface area contributed by atoms with Crippen molar-refractivity contribution in [1.29, 1.82) is 5.26 Å². The molecule has 6 heteroatoms. The van der Waals surface area contributed by atoms with Crippen LogP contribution in [0.3, 0.4) is 0 Å². The molecule has 0 fully saturated rings. The van der Waals surface area contributed by atoms with Gasteiger partial charge in [-0.3, -0.25) is 4.79 Å². The van der Waals surface area contributed by atoms with Gasteiger partial charge in [0.05, 0.1) is 5.69 Å². The lowest BCUT2D eigenvalue weighted by Crippen LogP contribution is -2.26. The van der Waals surface area contributed by atoms with Gasteiger partial charge in [0.25, 0.3) is 0 Å². The van der Waals surface area contributed by atoms with Crippen molar-refractivity contribution in [2.24, 2.45) is 0 Å². The number of carbonyl (C=O) groups is 1. The van der Waals surface area contributed by atoms with Crippen molar-refractivity contribution in [3.63, 3.8) is 0 Å². The molecule has 0 N–H and O–H groups in total. The molecule has 0 saturated heterocycles. The van der Waals surface area contributed by atoms with Crippen molar-refractivity contribution in [1.82, 2.24) is 14.9 Å². The number of carbonyl (C=O) groups excluding carboxylic acids is 1. The van der Waals surface area contributed by atoms with Gasteiger partial charge in [0.1, 0.15) is 27.7 Å². The molecule has 1 unspecified atom stereocenters. The van der Waals surface area contributed by atoms with E-state index < -0.39 is 5.25 Å². The fraction of sp³-hybridized carbons (Fsp3) is 0.294. The highest BCUT2D eigenvalue weighted by atomic mass is 32.2. The Balaban J connectivity index is 2.48. The van der Waals surface area contributed by atoms with Gasteiger partial charge in [0.2, 0.25) is 5.91 Å². The molecule has 0 aliphatic carbocycles. The van der Waals surface area contributed by atoms with Crippen LogP contribution >= 0.6 is 11.8 Å². The average molecular weight is 326 g/mol. The van der Waals surface area contributed by atoms with Gasteiger partial charge in [0.15, 0.2) is 0 Å². The fourth-order valence-corrected chi connectivity index (χ4v) is 3.45. The molecule has 1 aromatic carbocycles. The molecule has 0 saturated carbocycles. The highest BCUT2D eigenvalue weighted by molar-refractivity contribution is 8.00. The lowest BCUT2D eigenvalue weighted by atomic mass is 10.1. The van der Waals surface area contributed by atoms with Gasteiger partial charge in [-0.1, -0.05) is 42.1 Å². The van der Waals surface area contributed by atoms with E-state index in [2.05, 4.69) is 16.0 Å². The Morgan fingerprint density at radius 1 is 1.22 bits per heavy atom.